The molecular weight excluding hydrogens is 166 g/mol. The van der Waals surface area contributed by atoms with Crippen molar-refractivity contribution in [3.05, 3.63) is 0 Å². The smallest absolute Gasteiger partial charge is 0.0701 e. The van der Waals surface area contributed by atoms with E-state index >= 15 is 0 Å². The molecule has 0 amide bonds. The molecule has 0 aromatic carbocycles. The van der Waals surface area contributed by atoms with E-state index in [-0.39, 0.29) is 0 Å². The van der Waals surface area contributed by atoms with E-state index in [2.05, 4.69) is 18.9 Å². The van der Waals surface area contributed by atoms with Crippen LogP contribution < -0.4 is 0 Å². The van der Waals surface area contributed by atoms with Crippen molar-refractivity contribution in [1.82, 2.24) is 4.90 Å². The van der Waals surface area contributed by atoms with Crippen LogP contribution in [0, 0.1) is 5.92 Å². The molecule has 0 aromatic heterocycles. The van der Waals surface area contributed by atoms with Crippen LogP contribution in [0.15, 0.2) is 0 Å². The predicted molar refractivity (Wildman–Crippen MR) is 52.9 cm³/mol. The Balaban J connectivity index is 2.48. The Morgan fingerprint density at radius 1 is 1.38 bits per heavy atom. The number of hydrogen-bond acceptors (Lipinski definition) is 3. The summed E-state index contributed by atoms with van der Waals surface area (Å²) in [6.45, 7) is 4.12. The Kier molecular flexibility index (Phi) is 4.16. The number of nitrogens with zero attached hydrogens (tertiary/aromatic N) is 1. The van der Waals surface area contributed by atoms with Gasteiger partial charge in [0.15, 0.2) is 0 Å². The van der Waals surface area contributed by atoms with E-state index in [9.17, 15) is 0 Å². The predicted octanol–water partition coefficient (Wildman–Crippen LogP) is 0.988. The third-order valence-electron chi connectivity index (χ3n) is 3.02. The van der Waals surface area contributed by atoms with Gasteiger partial charge in [-0.25, -0.2) is 0 Å². The van der Waals surface area contributed by atoms with Crippen molar-refractivity contribution < 1.29 is 9.47 Å². The molecule has 3 atom stereocenters. The van der Waals surface area contributed by atoms with Crippen molar-refractivity contribution in [2.45, 2.75) is 25.5 Å². The van der Waals surface area contributed by atoms with Gasteiger partial charge in [-0.15, -0.1) is 0 Å². The highest BCUT2D eigenvalue weighted by molar-refractivity contribution is 4.84. The van der Waals surface area contributed by atoms with Crippen molar-refractivity contribution in [1.29, 1.82) is 0 Å². The van der Waals surface area contributed by atoms with Crippen LogP contribution in [-0.4, -0.2) is 51.5 Å². The highest BCUT2D eigenvalue weighted by Gasteiger charge is 2.31. The molecule has 78 valence electrons. The van der Waals surface area contributed by atoms with Gasteiger partial charge in [0, 0.05) is 26.8 Å². The van der Waals surface area contributed by atoms with E-state index in [1.807, 2.05) is 0 Å². The minimum absolute atomic E-state index is 0.396. The topological polar surface area (TPSA) is 21.7 Å². The van der Waals surface area contributed by atoms with Crippen molar-refractivity contribution in [2.24, 2.45) is 5.92 Å². The second-order valence-electron chi connectivity index (χ2n) is 4.03. The molecule has 0 aromatic rings. The molecule has 3 nitrogen and oxygen atoms in total. The molecule has 0 bridgehead atoms. The molecule has 1 aliphatic heterocycles. The molecule has 0 aliphatic carbocycles. The van der Waals surface area contributed by atoms with Crippen molar-refractivity contribution in [2.75, 3.05) is 34.4 Å². The summed E-state index contributed by atoms with van der Waals surface area (Å²) in [5.41, 5.74) is 0. The second kappa shape index (κ2) is 4.94. The fraction of sp³-hybridized carbons (Fsp3) is 1.00. The van der Waals surface area contributed by atoms with Gasteiger partial charge in [0.25, 0.3) is 0 Å². The summed E-state index contributed by atoms with van der Waals surface area (Å²) in [5.74, 6) is 0.656. The molecule has 1 aliphatic rings. The van der Waals surface area contributed by atoms with Gasteiger partial charge in [-0.1, -0.05) is 6.92 Å². The quantitative estimate of drug-likeness (QED) is 0.657. The molecule has 1 saturated heterocycles. The van der Waals surface area contributed by atoms with E-state index in [0.29, 0.717) is 18.1 Å². The molecule has 0 radical (unpaired) electrons. The summed E-state index contributed by atoms with van der Waals surface area (Å²) in [4.78, 5) is 2.34. The molecule has 0 saturated carbocycles. The number of likely N-dealkylation sites (tertiary alicyclic amines) is 1. The number of likely N-dealkylation sites (N-methyl/N-ethyl adjacent to an activating group) is 1. The average Bonchev–Trinajstić information content (AvgIpc) is 2.11. The lowest BCUT2D eigenvalue weighted by molar-refractivity contribution is -0.0307. The van der Waals surface area contributed by atoms with E-state index in [4.69, 9.17) is 9.47 Å². The minimum Gasteiger partial charge on any atom is -0.383 e. The van der Waals surface area contributed by atoms with Crippen LogP contribution in [0.3, 0.4) is 0 Å². The van der Waals surface area contributed by atoms with Crippen molar-refractivity contribution >= 4 is 0 Å². The highest BCUT2D eigenvalue weighted by Crippen LogP contribution is 2.23. The van der Waals surface area contributed by atoms with Gasteiger partial charge < -0.3 is 9.47 Å². The molecule has 1 fully saturated rings. The summed E-state index contributed by atoms with van der Waals surface area (Å²) in [6, 6.07) is 0.552. The van der Waals surface area contributed by atoms with E-state index in [1.54, 1.807) is 14.2 Å². The number of methoxy groups -OCH3 is 2. The van der Waals surface area contributed by atoms with Gasteiger partial charge in [-0.3, -0.25) is 4.90 Å². The van der Waals surface area contributed by atoms with Gasteiger partial charge in [-0.05, 0) is 19.4 Å². The van der Waals surface area contributed by atoms with E-state index < -0.39 is 0 Å². The second-order valence-corrected chi connectivity index (χ2v) is 4.03. The first kappa shape index (κ1) is 11.0. The van der Waals surface area contributed by atoms with Gasteiger partial charge in [0.05, 0.1) is 12.7 Å². The summed E-state index contributed by atoms with van der Waals surface area (Å²) in [6.07, 6.45) is 1.54. The molecule has 0 spiro atoms. The lowest BCUT2D eigenvalue weighted by Gasteiger charge is -2.40. The number of rotatable bonds is 3. The lowest BCUT2D eigenvalue weighted by atomic mass is 9.90. The molecule has 1 heterocycles. The fourth-order valence-electron chi connectivity index (χ4n) is 2.17. The molecule has 13 heavy (non-hydrogen) atoms. The molecule has 1 unspecified atom stereocenters. The zero-order valence-corrected chi connectivity index (χ0v) is 9.12. The van der Waals surface area contributed by atoms with Crippen LogP contribution in [0.25, 0.3) is 0 Å². The lowest BCUT2D eigenvalue weighted by Crippen LogP contribution is -2.50. The Bertz CT molecular complexity index is 140. The largest absolute Gasteiger partial charge is 0.383 e. The highest BCUT2D eigenvalue weighted by atomic mass is 16.5. The van der Waals surface area contributed by atoms with Crippen LogP contribution in [0.4, 0.5) is 0 Å². The molecule has 3 heteroatoms. The summed E-state index contributed by atoms with van der Waals surface area (Å²) < 4.78 is 10.6. The maximum Gasteiger partial charge on any atom is 0.0701 e. The molecular formula is C10H21NO2. The van der Waals surface area contributed by atoms with Crippen LogP contribution in [0.2, 0.25) is 0 Å². The van der Waals surface area contributed by atoms with Crippen molar-refractivity contribution in [3.8, 4) is 0 Å². The zero-order chi connectivity index (χ0) is 9.84. The normalized spacial score (nSPS) is 36.5. The van der Waals surface area contributed by atoms with Crippen LogP contribution in [0.1, 0.15) is 13.3 Å². The fourth-order valence-corrected chi connectivity index (χ4v) is 2.17. The number of hydrogen-bond donors (Lipinski definition) is 0. The molecule has 1 rings (SSSR count). The maximum atomic E-state index is 5.38. The van der Waals surface area contributed by atoms with Crippen molar-refractivity contribution in [3.63, 3.8) is 0 Å². The van der Waals surface area contributed by atoms with E-state index in [1.165, 1.54) is 0 Å². The first-order valence-corrected chi connectivity index (χ1v) is 4.91. The third-order valence-corrected chi connectivity index (χ3v) is 3.02. The van der Waals surface area contributed by atoms with Gasteiger partial charge in [0.2, 0.25) is 0 Å². The third kappa shape index (κ3) is 2.66. The van der Waals surface area contributed by atoms with Crippen LogP contribution in [-0.2, 0) is 9.47 Å². The Morgan fingerprint density at radius 2 is 2.08 bits per heavy atom. The van der Waals surface area contributed by atoms with E-state index in [0.717, 1.165) is 19.6 Å². The monoisotopic (exact) mass is 187 g/mol. The Morgan fingerprint density at radius 3 is 2.54 bits per heavy atom. The Labute approximate surface area is 81.0 Å². The van der Waals surface area contributed by atoms with Gasteiger partial charge in [0.1, 0.15) is 0 Å². The van der Waals surface area contributed by atoms with Crippen LogP contribution >= 0.6 is 0 Å². The maximum absolute atomic E-state index is 5.38. The minimum atomic E-state index is 0.396. The summed E-state index contributed by atoms with van der Waals surface area (Å²) in [5, 5.41) is 0. The van der Waals surface area contributed by atoms with Crippen LogP contribution in [0.5, 0.6) is 0 Å². The SMILES string of the molecule is COC[C@H]1C(C)C[C@@H](OC)CN1C. The summed E-state index contributed by atoms with van der Waals surface area (Å²) in [7, 11) is 5.70. The first-order chi connectivity index (χ1) is 6.19. The van der Waals surface area contributed by atoms with Gasteiger partial charge in [-0.2, -0.15) is 0 Å². The standard InChI is InChI=1S/C10H21NO2/c1-8-5-9(13-4)6-11(2)10(8)7-12-3/h8-10H,5-7H2,1-4H3/t8?,9-,10+/m1/s1. The Hall–Kier alpha value is -0.120. The average molecular weight is 187 g/mol. The number of piperidine rings is 1. The number of ether oxygens (including phenoxy) is 2. The molecule has 0 N–H and O–H groups in total. The zero-order valence-electron chi connectivity index (χ0n) is 9.12. The summed E-state index contributed by atoms with van der Waals surface area (Å²) >= 11 is 0. The first-order valence-electron chi connectivity index (χ1n) is 4.91. The van der Waals surface area contributed by atoms with Gasteiger partial charge >= 0.3 is 0 Å².